The summed E-state index contributed by atoms with van der Waals surface area (Å²) < 4.78 is 15.5. The van der Waals surface area contributed by atoms with Gasteiger partial charge in [-0.1, -0.05) is 25.0 Å². The van der Waals surface area contributed by atoms with E-state index in [0.717, 1.165) is 25.7 Å². The number of hydrogen-bond acceptors (Lipinski definition) is 5. The molecule has 2 aromatic heterocycles. The fraction of sp³-hybridized carbons (Fsp3) is 0.350. The second kappa shape index (κ2) is 6.74. The molecule has 0 radical (unpaired) electrons. The quantitative estimate of drug-likeness (QED) is 0.736. The lowest BCUT2D eigenvalue weighted by Crippen LogP contribution is -2.19. The molecular weight excluding hydrogens is 345 g/mol. The first-order valence-corrected chi connectivity index (χ1v) is 9.20. The Morgan fingerprint density at radius 1 is 1.26 bits per heavy atom. The third kappa shape index (κ3) is 3.30. The molecule has 140 valence electrons. The van der Waals surface area contributed by atoms with Crippen molar-refractivity contribution in [3.05, 3.63) is 42.0 Å². The van der Waals surface area contributed by atoms with Crippen molar-refractivity contribution in [3.63, 3.8) is 0 Å². The number of aromatic nitrogens is 4. The number of imidazole rings is 1. The van der Waals surface area contributed by atoms with Crippen molar-refractivity contribution in [2.45, 2.75) is 44.8 Å². The van der Waals surface area contributed by atoms with E-state index in [9.17, 15) is 9.50 Å². The Balaban J connectivity index is 1.81. The van der Waals surface area contributed by atoms with Crippen LogP contribution < -0.4 is 5.73 Å². The molecule has 3 N–H and O–H groups in total. The zero-order valence-corrected chi connectivity index (χ0v) is 15.2. The molecule has 1 fully saturated rings. The van der Waals surface area contributed by atoms with Crippen LogP contribution in [-0.4, -0.2) is 30.2 Å². The van der Waals surface area contributed by atoms with E-state index in [4.69, 9.17) is 5.73 Å². The first-order valence-electron chi connectivity index (χ1n) is 9.20. The van der Waals surface area contributed by atoms with Gasteiger partial charge in [0.25, 0.3) is 0 Å². The maximum Gasteiger partial charge on any atom is 0.166 e. The standard InChI is InChI=1S/C20H22FN5O/c1-2-26-18(13-6-5-7-14(21)12-13)25-16-17(22)23-15(24-19(16)26)8-11-20(27)9-3-4-10-20/h5-8,11-12,27H,2-4,9-10H2,1H3,(H2,22,23,24). The number of nitrogens with two attached hydrogens (primary N) is 1. The van der Waals surface area contributed by atoms with E-state index in [1.165, 1.54) is 12.1 Å². The summed E-state index contributed by atoms with van der Waals surface area (Å²) in [5.74, 6) is 0.974. The van der Waals surface area contributed by atoms with Crippen LogP contribution in [0.3, 0.4) is 0 Å². The molecule has 3 aromatic rings. The molecule has 0 amide bonds. The molecule has 2 heterocycles. The van der Waals surface area contributed by atoms with Crippen molar-refractivity contribution in [2.75, 3.05) is 5.73 Å². The number of benzene rings is 1. The number of halogens is 1. The topological polar surface area (TPSA) is 89.9 Å². The maximum atomic E-state index is 13.6. The lowest BCUT2D eigenvalue weighted by atomic mass is 10.0. The molecule has 1 aliphatic rings. The highest BCUT2D eigenvalue weighted by Crippen LogP contribution is 2.31. The van der Waals surface area contributed by atoms with Gasteiger partial charge < -0.3 is 15.4 Å². The number of anilines is 1. The predicted molar refractivity (Wildman–Crippen MR) is 103 cm³/mol. The van der Waals surface area contributed by atoms with Gasteiger partial charge in [-0.2, -0.15) is 0 Å². The number of aryl methyl sites for hydroxylation is 1. The SMILES string of the molecule is CCn1c(-c2cccc(F)c2)nc2c(N)nc(C=CC3(O)CCCC3)nc21. The minimum absolute atomic E-state index is 0.267. The fourth-order valence-electron chi connectivity index (χ4n) is 3.64. The molecule has 1 saturated carbocycles. The number of hydrogen-bond donors (Lipinski definition) is 2. The first-order chi connectivity index (χ1) is 13.0. The second-order valence-corrected chi connectivity index (χ2v) is 6.97. The Morgan fingerprint density at radius 3 is 2.74 bits per heavy atom. The average molecular weight is 367 g/mol. The Morgan fingerprint density at radius 2 is 2.04 bits per heavy atom. The van der Waals surface area contributed by atoms with Crippen molar-refractivity contribution in [3.8, 4) is 11.4 Å². The zero-order valence-electron chi connectivity index (χ0n) is 15.2. The molecule has 6 nitrogen and oxygen atoms in total. The van der Waals surface area contributed by atoms with Crippen molar-refractivity contribution >= 4 is 23.1 Å². The number of fused-ring (bicyclic) bond motifs is 1. The van der Waals surface area contributed by atoms with Crippen molar-refractivity contribution in [1.82, 2.24) is 19.5 Å². The summed E-state index contributed by atoms with van der Waals surface area (Å²) in [6.45, 7) is 2.57. The predicted octanol–water partition coefficient (Wildman–Crippen LogP) is 3.55. The average Bonchev–Trinajstić information content (AvgIpc) is 3.24. The molecule has 27 heavy (non-hydrogen) atoms. The minimum Gasteiger partial charge on any atom is -0.386 e. The molecule has 0 aliphatic heterocycles. The van der Waals surface area contributed by atoms with E-state index in [1.54, 1.807) is 24.3 Å². The molecule has 0 unspecified atom stereocenters. The van der Waals surface area contributed by atoms with Gasteiger partial charge in [0.05, 0.1) is 5.60 Å². The molecule has 0 saturated heterocycles. The van der Waals surface area contributed by atoms with E-state index in [1.807, 2.05) is 11.5 Å². The summed E-state index contributed by atoms with van der Waals surface area (Å²) in [5.41, 5.74) is 7.09. The van der Waals surface area contributed by atoms with Gasteiger partial charge in [0.2, 0.25) is 0 Å². The maximum absolute atomic E-state index is 13.6. The summed E-state index contributed by atoms with van der Waals surface area (Å²) in [7, 11) is 0. The first kappa shape index (κ1) is 17.6. The number of rotatable bonds is 4. The monoisotopic (exact) mass is 367 g/mol. The normalized spacial score (nSPS) is 16.6. The van der Waals surface area contributed by atoms with Crippen LogP contribution in [0.2, 0.25) is 0 Å². The van der Waals surface area contributed by atoms with E-state index in [0.29, 0.717) is 34.9 Å². The molecule has 1 aromatic carbocycles. The molecule has 0 atom stereocenters. The number of aliphatic hydroxyl groups is 1. The smallest absolute Gasteiger partial charge is 0.166 e. The summed E-state index contributed by atoms with van der Waals surface area (Å²) >= 11 is 0. The van der Waals surface area contributed by atoms with E-state index < -0.39 is 5.60 Å². The van der Waals surface area contributed by atoms with Gasteiger partial charge in [0, 0.05) is 12.1 Å². The molecule has 7 heteroatoms. The summed E-state index contributed by atoms with van der Waals surface area (Å²) in [5, 5.41) is 10.5. The van der Waals surface area contributed by atoms with Crippen LogP contribution >= 0.6 is 0 Å². The van der Waals surface area contributed by atoms with Crippen LogP contribution in [0.1, 0.15) is 38.4 Å². The highest BCUT2D eigenvalue weighted by molar-refractivity contribution is 5.86. The molecular formula is C20H22FN5O. The zero-order chi connectivity index (χ0) is 19.0. The van der Waals surface area contributed by atoms with Gasteiger partial charge in [-0.3, -0.25) is 0 Å². The molecule has 0 bridgehead atoms. The molecule has 4 rings (SSSR count). The Labute approximate surface area is 156 Å². The van der Waals surface area contributed by atoms with Crippen molar-refractivity contribution < 1.29 is 9.50 Å². The van der Waals surface area contributed by atoms with Gasteiger partial charge in [-0.15, -0.1) is 0 Å². The van der Waals surface area contributed by atoms with Crippen molar-refractivity contribution in [2.24, 2.45) is 0 Å². The number of nitrogens with zero attached hydrogens (tertiary/aromatic N) is 4. The molecule has 0 spiro atoms. The van der Waals surface area contributed by atoms with Crippen LogP contribution in [0.25, 0.3) is 28.6 Å². The Hall–Kier alpha value is -2.80. The lowest BCUT2D eigenvalue weighted by molar-refractivity contribution is 0.100. The van der Waals surface area contributed by atoms with Crippen LogP contribution in [0, 0.1) is 5.82 Å². The largest absolute Gasteiger partial charge is 0.386 e. The number of nitrogen functional groups attached to an aromatic ring is 1. The summed E-state index contributed by atoms with van der Waals surface area (Å²) in [4.78, 5) is 13.5. The highest BCUT2D eigenvalue weighted by Gasteiger charge is 2.28. The van der Waals surface area contributed by atoms with E-state index >= 15 is 0 Å². The molecule has 1 aliphatic carbocycles. The lowest BCUT2D eigenvalue weighted by Gasteiger charge is -2.16. The van der Waals surface area contributed by atoms with Gasteiger partial charge in [0.1, 0.15) is 11.6 Å². The third-order valence-electron chi connectivity index (χ3n) is 5.05. The van der Waals surface area contributed by atoms with Gasteiger partial charge in [-0.25, -0.2) is 19.3 Å². The summed E-state index contributed by atoms with van der Waals surface area (Å²) in [6, 6.07) is 6.28. The van der Waals surface area contributed by atoms with E-state index in [-0.39, 0.29) is 11.6 Å². The minimum atomic E-state index is -0.787. The highest BCUT2D eigenvalue weighted by atomic mass is 19.1. The van der Waals surface area contributed by atoms with E-state index in [2.05, 4.69) is 15.0 Å². The Kier molecular flexibility index (Phi) is 4.39. The van der Waals surface area contributed by atoms with Gasteiger partial charge in [-0.05, 0) is 44.1 Å². The van der Waals surface area contributed by atoms with Crippen molar-refractivity contribution in [1.29, 1.82) is 0 Å². The van der Waals surface area contributed by atoms with Crippen LogP contribution in [0.5, 0.6) is 0 Å². The van der Waals surface area contributed by atoms with Crippen LogP contribution in [0.4, 0.5) is 10.2 Å². The third-order valence-corrected chi connectivity index (χ3v) is 5.05. The Bertz CT molecular complexity index is 1020. The van der Waals surface area contributed by atoms with Crippen LogP contribution in [-0.2, 0) is 6.54 Å². The van der Waals surface area contributed by atoms with Crippen LogP contribution in [0.15, 0.2) is 30.3 Å². The summed E-state index contributed by atoms with van der Waals surface area (Å²) in [6.07, 6.45) is 7.01. The van der Waals surface area contributed by atoms with Gasteiger partial charge >= 0.3 is 0 Å². The van der Waals surface area contributed by atoms with Gasteiger partial charge in [0.15, 0.2) is 22.8 Å². The fourth-order valence-corrected chi connectivity index (χ4v) is 3.64. The second-order valence-electron chi connectivity index (χ2n) is 6.97.